The van der Waals surface area contributed by atoms with E-state index < -0.39 is 0 Å². The Hall–Kier alpha value is -3.02. The van der Waals surface area contributed by atoms with Gasteiger partial charge in [-0.25, -0.2) is 9.59 Å². The van der Waals surface area contributed by atoms with Crippen molar-refractivity contribution < 1.29 is 19.1 Å². The van der Waals surface area contributed by atoms with Crippen LogP contribution in [0.15, 0.2) is 70.5 Å². The summed E-state index contributed by atoms with van der Waals surface area (Å²) in [6.45, 7) is 0. The first-order chi connectivity index (χ1) is 12.5. The Kier molecular flexibility index (Phi) is 5.41. The second-order valence-electron chi connectivity index (χ2n) is 6.41. The Morgan fingerprint density at radius 3 is 1.35 bits per heavy atom. The Bertz CT molecular complexity index is 742. The molecule has 0 saturated carbocycles. The minimum absolute atomic E-state index is 0.356. The van der Waals surface area contributed by atoms with E-state index >= 15 is 0 Å². The molecule has 0 aromatic carbocycles. The lowest BCUT2D eigenvalue weighted by Gasteiger charge is -2.17. The van der Waals surface area contributed by atoms with Crippen LogP contribution in [0.5, 0.6) is 0 Å². The number of carbonyl (C=O) groups excluding carboxylic acids is 2. The SMILES string of the molecule is NC1=CC=C(C(=O)OC2=CC=C(OC(=O)C3=CC=C(N)CC3)CC2)CC1. The van der Waals surface area contributed by atoms with Crippen molar-refractivity contribution in [2.75, 3.05) is 0 Å². The number of esters is 2. The second-order valence-corrected chi connectivity index (χ2v) is 6.41. The molecule has 0 unspecified atom stereocenters. The van der Waals surface area contributed by atoms with Crippen LogP contribution in [-0.4, -0.2) is 11.9 Å². The van der Waals surface area contributed by atoms with Gasteiger partial charge in [-0.2, -0.15) is 0 Å². The summed E-state index contributed by atoms with van der Waals surface area (Å²) in [5.41, 5.74) is 14.1. The molecule has 0 aromatic heterocycles. The van der Waals surface area contributed by atoms with Gasteiger partial charge in [0.15, 0.2) is 0 Å². The molecule has 0 bridgehead atoms. The molecule has 6 nitrogen and oxygen atoms in total. The molecular weight excluding hydrogens is 332 g/mol. The molecule has 4 N–H and O–H groups in total. The first kappa shape index (κ1) is 17.8. The Balaban J connectivity index is 1.56. The highest BCUT2D eigenvalue weighted by Crippen LogP contribution is 2.25. The fraction of sp³-hybridized carbons (Fsp3) is 0.300. The van der Waals surface area contributed by atoms with Crippen LogP contribution in [0.3, 0.4) is 0 Å². The molecule has 0 aromatic rings. The van der Waals surface area contributed by atoms with E-state index in [4.69, 9.17) is 20.9 Å². The predicted molar refractivity (Wildman–Crippen MR) is 96.8 cm³/mol. The molecule has 0 saturated heterocycles. The van der Waals surface area contributed by atoms with Gasteiger partial charge in [0.25, 0.3) is 0 Å². The number of hydrogen-bond acceptors (Lipinski definition) is 6. The van der Waals surface area contributed by atoms with Crippen molar-refractivity contribution in [2.45, 2.75) is 38.5 Å². The zero-order chi connectivity index (χ0) is 18.5. The summed E-state index contributed by atoms with van der Waals surface area (Å²) in [5, 5.41) is 0. The van der Waals surface area contributed by atoms with E-state index in [-0.39, 0.29) is 11.9 Å². The Morgan fingerprint density at radius 2 is 1.04 bits per heavy atom. The van der Waals surface area contributed by atoms with E-state index in [1.165, 1.54) is 0 Å². The van der Waals surface area contributed by atoms with E-state index in [0.29, 0.717) is 61.2 Å². The molecule has 26 heavy (non-hydrogen) atoms. The van der Waals surface area contributed by atoms with Gasteiger partial charge >= 0.3 is 11.9 Å². The maximum Gasteiger partial charge on any atom is 0.339 e. The second kappa shape index (κ2) is 7.91. The summed E-state index contributed by atoms with van der Waals surface area (Å²) < 4.78 is 10.8. The van der Waals surface area contributed by atoms with Gasteiger partial charge in [-0.05, 0) is 50.0 Å². The predicted octanol–water partition coefficient (Wildman–Crippen LogP) is 2.76. The smallest absolute Gasteiger partial charge is 0.339 e. The molecule has 0 atom stereocenters. The van der Waals surface area contributed by atoms with Crippen molar-refractivity contribution in [2.24, 2.45) is 11.5 Å². The van der Waals surface area contributed by atoms with E-state index in [0.717, 1.165) is 11.4 Å². The van der Waals surface area contributed by atoms with Crippen molar-refractivity contribution >= 4 is 11.9 Å². The molecule has 0 radical (unpaired) electrons. The molecular formula is C20H22N2O4. The summed E-state index contributed by atoms with van der Waals surface area (Å²) in [6.07, 6.45) is 13.7. The van der Waals surface area contributed by atoms with E-state index in [9.17, 15) is 9.59 Å². The number of nitrogens with two attached hydrogens (primary N) is 2. The minimum atomic E-state index is -0.356. The molecule has 0 heterocycles. The van der Waals surface area contributed by atoms with Crippen LogP contribution in [0.25, 0.3) is 0 Å². The Labute approximate surface area is 152 Å². The van der Waals surface area contributed by atoms with Crippen molar-refractivity contribution in [3.63, 3.8) is 0 Å². The van der Waals surface area contributed by atoms with E-state index in [1.807, 2.05) is 0 Å². The highest BCUT2D eigenvalue weighted by atomic mass is 16.5. The molecule has 6 heteroatoms. The molecule has 3 aliphatic rings. The normalized spacial score (nSPS) is 19.8. The number of allylic oxidation sites excluding steroid dienone is 10. The monoisotopic (exact) mass is 354 g/mol. The highest BCUT2D eigenvalue weighted by molar-refractivity contribution is 5.90. The number of rotatable bonds is 4. The molecule has 0 aliphatic heterocycles. The molecule has 136 valence electrons. The van der Waals surface area contributed by atoms with Crippen molar-refractivity contribution in [3.05, 3.63) is 70.5 Å². The summed E-state index contributed by atoms with van der Waals surface area (Å²) in [6, 6.07) is 0. The summed E-state index contributed by atoms with van der Waals surface area (Å²) in [4.78, 5) is 24.3. The van der Waals surface area contributed by atoms with Crippen LogP contribution in [0.1, 0.15) is 38.5 Å². The topological polar surface area (TPSA) is 105 Å². The fourth-order valence-corrected chi connectivity index (χ4v) is 2.79. The van der Waals surface area contributed by atoms with Crippen LogP contribution in [0.2, 0.25) is 0 Å². The molecule has 0 fully saturated rings. The fourth-order valence-electron chi connectivity index (χ4n) is 2.79. The summed E-state index contributed by atoms with van der Waals surface area (Å²) in [5.74, 6) is 0.410. The lowest BCUT2D eigenvalue weighted by molar-refractivity contribution is -0.137. The first-order valence-corrected chi connectivity index (χ1v) is 8.66. The lowest BCUT2D eigenvalue weighted by atomic mass is 10.0. The van der Waals surface area contributed by atoms with Gasteiger partial charge in [0.2, 0.25) is 0 Å². The number of ether oxygens (including phenoxy) is 2. The number of hydrogen-bond donors (Lipinski definition) is 2. The van der Waals surface area contributed by atoms with Crippen molar-refractivity contribution in [3.8, 4) is 0 Å². The third-order valence-corrected chi connectivity index (χ3v) is 4.41. The molecule has 0 amide bonds. The van der Waals surface area contributed by atoms with Gasteiger partial charge < -0.3 is 20.9 Å². The lowest BCUT2D eigenvalue weighted by Crippen LogP contribution is -2.14. The Morgan fingerprint density at radius 1 is 0.615 bits per heavy atom. The van der Waals surface area contributed by atoms with Gasteiger partial charge in [0.1, 0.15) is 11.5 Å². The standard InChI is InChI=1S/C20H22N2O4/c21-15-5-1-13(2-6-15)19(23)25-17-9-11-18(12-10-17)26-20(24)14-3-7-16(22)8-4-14/h1,3,5,7,9,11H,2,4,6,8,10,12,21-22H2. The molecule has 3 rings (SSSR count). The quantitative estimate of drug-likeness (QED) is 0.752. The largest absolute Gasteiger partial charge is 0.428 e. The molecule has 0 spiro atoms. The van der Waals surface area contributed by atoms with Crippen LogP contribution in [0, 0.1) is 0 Å². The minimum Gasteiger partial charge on any atom is -0.428 e. The summed E-state index contributed by atoms with van der Waals surface area (Å²) >= 11 is 0. The zero-order valence-electron chi connectivity index (χ0n) is 14.5. The maximum absolute atomic E-state index is 12.1. The van der Waals surface area contributed by atoms with Gasteiger partial charge in [-0.3, -0.25) is 0 Å². The third kappa shape index (κ3) is 4.53. The van der Waals surface area contributed by atoms with Crippen LogP contribution >= 0.6 is 0 Å². The van der Waals surface area contributed by atoms with Gasteiger partial charge in [0, 0.05) is 35.4 Å². The van der Waals surface area contributed by atoms with Crippen LogP contribution < -0.4 is 11.5 Å². The van der Waals surface area contributed by atoms with Gasteiger partial charge in [-0.15, -0.1) is 0 Å². The average molecular weight is 354 g/mol. The van der Waals surface area contributed by atoms with Crippen molar-refractivity contribution in [1.29, 1.82) is 0 Å². The third-order valence-electron chi connectivity index (χ3n) is 4.41. The van der Waals surface area contributed by atoms with Crippen LogP contribution in [-0.2, 0) is 19.1 Å². The summed E-state index contributed by atoms with van der Waals surface area (Å²) in [7, 11) is 0. The molecule has 3 aliphatic carbocycles. The average Bonchev–Trinajstić information content (AvgIpc) is 2.64. The van der Waals surface area contributed by atoms with Crippen molar-refractivity contribution in [1.82, 2.24) is 0 Å². The van der Waals surface area contributed by atoms with E-state index in [1.54, 1.807) is 36.5 Å². The van der Waals surface area contributed by atoms with Crippen LogP contribution in [0.4, 0.5) is 0 Å². The maximum atomic E-state index is 12.1. The highest BCUT2D eigenvalue weighted by Gasteiger charge is 2.20. The van der Waals surface area contributed by atoms with E-state index in [2.05, 4.69) is 0 Å². The number of carbonyl (C=O) groups is 2. The zero-order valence-corrected chi connectivity index (χ0v) is 14.5. The van der Waals surface area contributed by atoms with Gasteiger partial charge in [-0.1, -0.05) is 12.2 Å². The van der Waals surface area contributed by atoms with Gasteiger partial charge in [0.05, 0.1) is 0 Å². The first-order valence-electron chi connectivity index (χ1n) is 8.66.